The minimum atomic E-state index is -3.57. The Kier molecular flexibility index (Phi) is 5.54. The van der Waals surface area contributed by atoms with Crippen LogP contribution in [0.25, 0.3) is 0 Å². The van der Waals surface area contributed by atoms with Crippen molar-refractivity contribution in [1.29, 1.82) is 0 Å². The lowest BCUT2D eigenvalue weighted by molar-refractivity contribution is 0.00196. The maximum absolute atomic E-state index is 11.5. The number of hydrogen-bond acceptors (Lipinski definition) is 4. The van der Waals surface area contributed by atoms with E-state index < -0.39 is 15.4 Å². The number of sulfonamides is 1. The monoisotopic (exact) mass is 397 g/mol. The molecule has 0 unspecified atom stereocenters. The molecule has 0 amide bonds. The average molecular weight is 399 g/mol. The number of nitrogens with two attached hydrogens (primary N) is 1. The first-order valence-corrected chi connectivity index (χ1v) is 9.34. The Morgan fingerprint density at radius 1 is 1.38 bits per heavy atom. The molecule has 0 spiro atoms. The zero-order chi connectivity index (χ0) is 15.5. The quantitative estimate of drug-likeness (QED) is 0.827. The van der Waals surface area contributed by atoms with Gasteiger partial charge < -0.3 is 9.47 Å². The van der Waals surface area contributed by atoms with Gasteiger partial charge in [-0.1, -0.05) is 11.6 Å². The van der Waals surface area contributed by atoms with E-state index >= 15 is 0 Å². The maximum atomic E-state index is 11.5. The number of ether oxygens (including phenoxy) is 2. The molecule has 0 aromatic heterocycles. The number of hydrogen-bond donors (Lipinski definition) is 1. The topological polar surface area (TPSA) is 78.6 Å². The van der Waals surface area contributed by atoms with Gasteiger partial charge in [-0.15, -0.1) is 0 Å². The summed E-state index contributed by atoms with van der Waals surface area (Å²) in [6, 6.07) is 5.20. The lowest BCUT2D eigenvalue weighted by Gasteiger charge is -2.36. The molecule has 1 aromatic rings. The van der Waals surface area contributed by atoms with Crippen molar-refractivity contribution in [3.05, 3.63) is 27.7 Å². The van der Waals surface area contributed by atoms with E-state index in [0.717, 1.165) is 4.47 Å². The molecular formula is C13H17BrClNO4S. The van der Waals surface area contributed by atoms with Crippen molar-refractivity contribution < 1.29 is 17.9 Å². The molecular weight excluding hydrogens is 382 g/mol. The first-order valence-electron chi connectivity index (χ1n) is 6.46. The van der Waals surface area contributed by atoms with E-state index in [0.29, 0.717) is 36.8 Å². The Bertz CT molecular complexity index is 602. The molecule has 1 aromatic carbocycles. The predicted molar refractivity (Wildman–Crippen MR) is 85.1 cm³/mol. The Balaban J connectivity index is 2.12. The van der Waals surface area contributed by atoms with Crippen LogP contribution in [0.3, 0.4) is 0 Å². The first-order chi connectivity index (χ1) is 9.80. The standard InChI is InChI=1S/C13H17BrClNO4S/c14-11-7-10(15)1-2-12(11)20-8-13(9-21(16,17)18)3-5-19-6-4-13/h1-2,7H,3-6,8-9H2,(H2,16,17,18). The molecule has 0 atom stereocenters. The van der Waals surface area contributed by atoms with Crippen molar-refractivity contribution in [2.45, 2.75) is 12.8 Å². The van der Waals surface area contributed by atoms with E-state index in [4.69, 9.17) is 26.2 Å². The summed E-state index contributed by atoms with van der Waals surface area (Å²) in [6.07, 6.45) is 1.21. The van der Waals surface area contributed by atoms with Crippen LogP contribution < -0.4 is 9.88 Å². The Hall–Kier alpha value is -0.340. The van der Waals surface area contributed by atoms with Gasteiger partial charge in [0.2, 0.25) is 10.0 Å². The van der Waals surface area contributed by atoms with Crippen LogP contribution in [0.2, 0.25) is 5.02 Å². The van der Waals surface area contributed by atoms with Crippen LogP contribution in [0.5, 0.6) is 5.75 Å². The van der Waals surface area contributed by atoms with Crippen LogP contribution in [-0.4, -0.2) is 34.0 Å². The fourth-order valence-electron chi connectivity index (χ4n) is 2.38. The third-order valence-electron chi connectivity index (χ3n) is 3.49. The van der Waals surface area contributed by atoms with Crippen molar-refractivity contribution in [3.8, 4) is 5.75 Å². The van der Waals surface area contributed by atoms with Gasteiger partial charge in [0, 0.05) is 23.7 Å². The van der Waals surface area contributed by atoms with E-state index in [9.17, 15) is 8.42 Å². The van der Waals surface area contributed by atoms with Gasteiger partial charge in [0.1, 0.15) is 5.75 Å². The summed E-state index contributed by atoms with van der Waals surface area (Å²) >= 11 is 9.26. The fourth-order valence-corrected chi connectivity index (χ4v) is 4.41. The first kappa shape index (κ1) is 17.0. The molecule has 1 saturated heterocycles. The summed E-state index contributed by atoms with van der Waals surface area (Å²) in [6.45, 7) is 1.30. The highest BCUT2D eigenvalue weighted by molar-refractivity contribution is 9.10. The lowest BCUT2D eigenvalue weighted by Crippen LogP contribution is -2.42. The second-order valence-corrected chi connectivity index (χ2v) is 8.19. The van der Waals surface area contributed by atoms with E-state index in [1.807, 2.05) is 0 Å². The summed E-state index contributed by atoms with van der Waals surface area (Å²) < 4.78 is 34.8. The van der Waals surface area contributed by atoms with Crippen LogP contribution in [0.1, 0.15) is 12.8 Å². The van der Waals surface area contributed by atoms with E-state index in [-0.39, 0.29) is 12.4 Å². The Labute approximate surface area is 137 Å². The number of benzene rings is 1. The molecule has 2 N–H and O–H groups in total. The van der Waals surface area contributed by atoms with E-state index in [1.54, 1.807) is 18.2 Å². The van der Waals surface area contributed by atoms with Crippen molar-refractivity contribution in [1.82, 2.24) is 0 Å². The van der Waals surface area contributed by atoms with Crippen LogP contribution in [0.15, 0.2) is 22.7 Å². The molecule has 1 fully saturated rings. The molecule has 8 heteroatoms. The summed E-state index contributed by atoms with van der Waals surface area (Å²) in [5, 5.41) is 5.82. The molecule has 118 valence electrons. The Morgan fingerprint density at radius 3 is 2.62 bits per heavy atom. The van der Waals surface area contributed by atoms with Gasteiger partial charge in [0.25, 0.3) is 0 Å². The van der Waals surface area contributed by atoms with Crippen molar-refractivity contribution >= 4 is 37.6 Å². The molecule has 21 heavy (non-hydrogen) atoms. The highest BCUT2D eigenvalue weighted by Gasteiger charge is 2.37. The van der Waals surface area contributed by atoms with Gasteiger partial charge in [-0.3, -0.25) is 0 Å². The summed E-state index contributed by atoms with van der Waals surface area (Å²) in [5.74, 6) is 0.522. The van der Waals surface area contributed by atoms with Gasteiger partial charge in [-0.2, -0.15) is 0 Å². The van der Waals surface area contributed by atoms with Crippen LogP contribution in [0.4, 0.5) is 0 Å². The third kappa shape index (κ3) is 5.10. The highest BCUT2D eigenvalue weighted by Crippen LogP contribution is 2.35. The molecule has 1 aliphatic heterocycles. The SMILES string of the molecule is NS(=O)(=O)CC1(COc2ccc(Cl)cc2Br)CCOCC1. The molecule has 0 aliphatic carbocycles. The largest absolute Gasteiger partial charge is 0.492 e. The molecule has 0 radical (unpaired) electrons. The number of primary sulfonamides is 1. The zero-order valence-electron chi connectivity index (χ0n) is 11.3. The van der Waals surface area contributed by atoms with Crippen molar-refractivity contribution in [2.24, 2.45) is 10.6 Å². The van der Waals surface area contributed by atoms with Crippen molar-refractivity contribution in [3.63, 3.8) is 0 Å². The second-order valence-electron chi connectivity index (χ2n) is 5.28. The summed E-state index contributed by atoms with van der Waals surface area (Å²) in [7, 11) is -3.57. The summed E-state index contributed by atoms with van der Waals surface area (Å²) in [5.41, 5.74) is -0.509. The highest BCUT2D eigenvalue weighted by atomic mass is 79.9. The number of halogens is 2. The van der Waals surface area contributed by atoms with Gasteiger partial charge in [0.05, 0.1) is 16.8 Å². The van der Waals surface area contributed by atoms with Gasteiger partial charge in [-0.25, -0.2) is 13.6 Å². The van der Waals surface area contributed by atoms with Crippen LogP contribution in [-0.2, 0) is 14.8 Å². The van der Waals surface area contributed by atoms with Gasteiger partial charge in [0.15, 0.2) is 0 Å². The van der Waals surface area contributed by atoms with Gasteiger partial charge >= 0.3 is 0 Å². The molecule has 1 aliphatic rings. The summed E-state index contributed by atoms with van der Waals surface area (Å²) in [4.78, 5) is 0. The van der Waals surface area contributed by atoms with Crippen molar-refractivity contribution in [2.75, 3.05) is 25.6 Å². The zero-order valence-corrected chi connectivity index (χ0v) is 14.5. The molecule has 0 bridgehead atoms. The smallest absolute Gasteiger partial charge is 0.209 e. The van der Waals surface area contributed by atoms with E-state index in [2.05, 4.69) is 15.9 Å². The van der Waals surface area contributed by atoms with E-state index in [1.165, 1.54) is 0 Å². The third-order valence-corrected chi connectivity index (χ3v) is 5.36. The Morgan fingerprint density at radius 2 is 2.05 bits per heavy atom. The molecule has 0 saturated carbocycles. The molecule has 1 heterocycles. The average Bonchev–Trinajstić information content (AvgIpc) is 2.37. The molecule has 2 rings (SSSR count). The predicted octanol–water partition coefficient (Wildman–Crippen LogP) is 2.57. The van der Waals surface area contributed by atoms with Crippen LogP contribution >= 0.6 is 27.5 Å². The second kappa shape index (κ2) is 6.83. The number of rotatable bonds is 5. The fraction of sp³-hybridized carbons (Fsp3) is 0.538. The minimum Gasteiger partial charge on any atom is -0.492 e. The van der Waals surface area contributed by atoms with Gasteiger partial charge in [-0.05, 0) is 47.0 Å². The minimum absolute atomic E-state index is 0.103. The lowest BCUT2D eigenvalue weighted by atomic mass is 9.83. The maximum Gasteiger partial charge on any atom is 0.209 e. The normalized spacial score (nSPS) is 18.4. The molecule has 5 nitrogen and oxygen atoms in total. The van der Waals surface area contributed by atoms with Crippen LogP contribution in [0, 0.1) is 5.41 Å².